The molecule has 0 saturated carbocycles. The van der Waals surface area contributed by atoms with E-state index in [1.54, 1.807) is 23.3 Å². The number of amides is 1. The molecule has 0 bridgehead atoms. The second-order valence-corrected chi connectivity index (χ2v) is 3.74. The maximum absolute atomic E-state index is 11.8. The molecule has 0 aliphatic carbocycles. The van der Waals surface area contributed by atoms with E-state index in [1.807, 2.05) is 6.92 Å². The van der Waals surface area contributed by atoms with Crippen molar-refractivity contribution in [3.05, 3.63) is 30.5 Å². The van der Waals surface area contributed by atoms with E-state index in [1.165, 1.54) is 6.20 Å². The van der Waals surface area contributed by atoms with Crippen molar-refractivity contribution in [3.63, 3.8) is 0 Å². The molecule has 0 radical (unpaired) electrons. The van der Waals surface area contributed by atoms with E-state index in [4.69, 9.17) is 0 Å². The minimum Gasteiger partial charge on any atom is -0.369 e. The lowest BCUT2D eigenvalue weighted by Crippen LogP contribution is -2.28. The van der Waals surface area contributed by atoms with Crippen molar-refractivity contribution in [1.82, 2.24) is 30.3 Å². The largest absolute Gasteiger partial charge is 0.369 e. The second-order valence-electron chi connectivity index (χ2n) is 3.74. The lowest BCUT2D eigenvalue weighted by molar-refractivity contribution is 0.0946. The van der Waals surface area contributed by atoms with Crippen LogP contribution in [-0.4, -0.2) is 44.0 Å². The van der Waals surface area contributed by atoms with Gasteiger partial charge in [-0.2, -0.15) is 0 Å². The third-order valence-electron chi connectivity index (χ3n) is 2.32. The van der Waals surface area contributed by atoms with Crippen LogP contribution in [0.15, 0.2) is 24.8 Å². The maximum Gasteiger partial charge on any atom is 0.271 e. The van der Waals surface area contributed by atoms with Gasteiger partial charge in [0, 0.05) is 19.3 Å². The molecule has 0 aromatic carbocycles. The molecule has 2 rings (SSSR count). The fourth-order valence-corrected chi connectivity index (χ4v) is 1.47. The average molecular weight is 261 g/mol. The van der Waals surface area contributed by atoms with Gasteiger partial charge in [0.25, 0.3) is 5.91 Å². The first-order valence-electron chi connectivity index (χ1n) is 5.98. The highest BCUT2D eigenvalue weighted by Crippen LogP contribution is 2.01. The molecule has 0 aliphatic rings. The van der Waals surface area contributed by atoms with E-state index >= 15 is 0 Å². The van der Waals surface area contributed by atoms with Crippen molar-refractivity contribution in [3.8, 4) is 0 Å². The minimum absolute atomic E-state index is 0.257. The number of carbonyl (C=O) groups is 1. The van der Waals surface area contributed by atoms with E-state index in [0.29, 0.717) is 18.9 Å². The predicted molar refractivity (Wildman–Crippen MR) is 68.6 cm³/mol. The SMILES string of the molecule is CCNc1cncc(C(=O)NCCn2ccnn2)n1. The molecule has 2 aromatic heterocycles. The number of nitrogens with one attached hydrogen (secondary N) is 2. The molecule has 0 aliphatic heterocycles. The molecule has 19 heavy (non-hydrogen) atoms. The summed E-state index contributed by atoms with van der Waals surface area (Å²) in [6.07, 6.45) is 6.34. The molecule has 0 spiro atoms. The smallest absolute Gasteiger partial charge is 0.271 e. The van der Waals surface area contributed by atoms with Gasteiger partial charge in [0.05, 0.1) is 25.1 Å². The summed E-state index contributed by atoms with van der Waals surface area (Å²) in [5.41, 5.74) is 0.289. The van der Waals surface area contributed by atoms with Crippen LogP contribution in [0.5, 0.6) is 0 Å². The highest BCUT2D eigenvalue weighted by molar-refractivity contribution is 5.92. The van der Waals surface area contributed by atoms with Gasteiger partial charge in [-0.25, -0.2) is 4.98 Å². The Kier molecular flexibility index (Phi) is 4.38. The van der Waals surface area contributed by atoms with Gasteiger partial charge in [-0.05, 0) is 6.92 Å². The van der Waals surface area contributed by atoms with Crippen LogP contribution in [0, 0.1) is 0 Å². The molecule has 0 unspecified atom stereocenters. The first-order chi connectivity index (χ1) is 9.29. The normalized spacial score (nSPS) is 10.2. The molecule has 0 fully saturated rings. The van der Waals surface area contributed by atoms with Crippen LogP contribution in [0.2, 0.25) is 0 Å². The summed E-state index contributed by atoms with van der Waals surface area (Å²) in [5.74, 6) is 0.332. The Labute approximate surface area is 110 Å². The van der Waals surface area contributed by atoms with Gasteiger partial charge >= 0.3 is 0 Å². The zero-order valence-electron chi connectivity index (χ0n) is 10.6. The zero-order valence-corrected chi connectivity index (χ0v) is 10.6. The molecule has 2 aromatic rings. The van der Waals surface area contributed by atoms with Crippen molar-refractivity contribution in [1.29, 1.82) is 0 Å². The molecule has 0 atom stereocenters. The van der Waals surface area contributed by atoms with Crippen molar-refractivity contribution >= 4 is 11.7 Å². The summed E-state index contributed by atoms with van der Waals surface area (Å²) < 4.78 is 1.64. The van der Waals surface area contributed by atoms with Crippen LogP contribution in [0.25, 0.3) is 0 Å². The van der Waals surface area contributed by atoms with Crippen LogP contribution in [-0.2, 0) is 6.54 Å². The van der Waals surface area contributed by atoms with Gasteiger partial charge in [0.1, 0.15) is 11.5 Å². The van der Waals surface area contributed by atoms with Crippen LogP contribution in [0.1, 0.15) is 17.4 Å². The number of hydrogen-bond acceptors (Lipinski definition) is 6. The Hall–Kier alpha value is -2.51. The first kappa shape index (κ1) is 12.9. The number of hydrogen-bond donors (Lipinski definition) is 2. The highest BCUT2D eigenvalue weighted by atomic mass is 16.1. The Morgan fingerprint density at radius 3 is 3.05 bits per heavy atom. The molecular weight excluding hydrogens is 246 g/mol. The van der Waals surface area contributed by atoms with Crippen LogP contribution >= 0.6 is 0 Å². The fraction of sp³-hybridized carbons (Fsp3) is 0.364. The fourth-order valence-electron chi connectivity index (χ4n) is 1.47. The number of carbonyl (C=O) groups excluding carboxylic acids is 1. The topological polar surface area (TPSA) is 97.6 Å². The zero-order chi connectivity index (χ0) is 13.5. The molecule has 8 nitrogen and oxygen atoms in total. The third kappa shape index (κ3) is 3.73. The first-order valence-corrected chi connectivity index (χ1v) is 5.98. The summed E-state index contributed by atoms with van der Waals surface area (Å²) >= 11 is 0. The van der Waals surface area contributed by atoms with E-state index in [2.05, 4.69) is 30.9 Å². The Balaban J connectivity index is 1.87. The summed E-state index contributed by atoms with van der Waals surface area (Å²) in [5, 5.41) is 13.2. The monoisotopic (exact) mass is 261 g/mol. The van der Waals surface area contributed by atoms with E-state index in [0.717, 1.165) is 6.54 Å². The van der Waals surface area contributed by atoms with Crippen molar-refractivity contribution in [2.24, 2.45) is 0 Å². The quantitative estimate of drug-likeness (QED) is 0.755. The predicted octanol–water partition coefficient (Wildman–Crippen LogP) is -0.0701. The van der Waals surface area contributed by atoms with Gasteiger partial charge in [-0.1, -0.05) is 5.21 Å². The molecule has 0 saturated heterocycles. The number of aromatic nitrogens is 5. The Morgan fingerprint density at radius 1 is 1.42 bits per heavy atom. The molecule has 1 amide bonds. The van der Waals surface area contributed by atoms with Crippen molar-refractivity contribution in [2.45, 2.75) is 13.5 Å². The van der Waals surface area contributed by atoms with Crippen LogP contribution in [0.3, 0.4) is 0 Å². The number of rotatable bonds is 6. The minimum atomic E-state index is -0.257. The van der Waals surface area contributed by atoms with Gasteiger partial charge in [-0.3, -0.25) is 14.5 Å². The van der Waals surface area contributed by atoms with Crippen molar-refractivity contribution < 1.29 is 4.79 Å². The molecule has 100 valence electrons. The lowest BCUT2D eigenvalue weighted by atomic mass is 10.4. The summed E-state index contributed by atoms with van der Waals surface area (Å²) in [7, 11) is 0. The molecule has 2 heterocycles. The number of nitrogens with zero attached hydrogens (tertiary/aromatic N) is 5. The summed E-state index contributed by atoms with van der Waals surface area (Å²) in [6, 6.07) is 0. The van der Waals surface area contributed by atoms with Crippen LogP contribution in [0.4, 0.5) is 5.82 Å². The molecule has 8 heteroatoms. The number of anilines is 1. The van der Waals surface area contributed by atoms with Gasteiger partial charge in [0.2, 0.25) is 0 Å². The van der Waals surface area contributed by atoms with Gasteiger partial charge < -0.3 is 10.6 Å². The van der Waals surface area contributed by atoms with E-state index in [-0.39, 0.29) is 11.6 Å². The summed E-state index contributed by atoms with van der Waals surface area (Å²) in [4.78, 5) is 20.0. The average Bonchev–Trinajstić information content (AvgIpc) is 2.92. The summed E-state index contributed by atoms with van der Waals surface area (Å²) in [6.45, 7) is 3.69. The van der Waals surface area contributed by atoms with E-state index in [9.17, 15) is 4.79 Å². The Bertz CT molecular complexity index is 526. The van der Waals surface area contributed by atoms with Crippen molar-refractivity contribution in [2.75, 3.05) is 18.4 Å². The van der Waals surface area contributed by atoms with Gasteiger partial charge in [-0.15, -0.1) is 5.10 Å². The van der Waals surface area contributed by atoms with Gasteiger partial charge in [0.15, 0.2) is 0 Å². The highest BCUT2D eigenvalue weighted by Gasteiger charge is 2.08. The Morgan fingerprint density at radius 2 is 2.32 bits per heavy atom. The standard InChI is InChI=1S/C11H15N7O/c1-2-13-10-8-12-7-9(16-10)11(19)14-3-5-18-6-4-15-17-18/h4,6-8H,2-3,5H2,1H3,(H,13,16)(H,14,19). The van der Waals surface area contributed by atoms with Crippen LogP contribution < -0.4 is 10.6 Å². The second kappa shape index (κ2) is 6.43. The van der Waals surface area contributed by atoms with E-state index < -0.39 is 0 Å². The third-order valence-corrected chi connectivity index (χ3v) is 2.32. The molecule has 2 N–H and O–H groups in total. The lowest BCUT2D eigenvalue weighted by Gasteiger charge is -2.06. The molecular formula is C11H15N7O. The maximum atomic E-state index is 11.8.